The maximum absolute atomic E-state index is 12.2. The highest BCUT2D eigenvalue weighted by Gasteiger charge is 2.22. The lowest BCUT2D eigenvalue weighted by molar-refractivity contribution is -0.119. The monoisotopic (exact) mass is 384 g/mol. The summed E-state index contributed by atoms with van der Waals surface area (Å²) in [7, 11) is -3.60. The summed E-state index contributed by atoms with van der Waals surface area (Å²) in [4.78, 5) is 12.2. The van der Waals surface area contributed by atoms with Crippen LogP contribution in [0.2, 0.25) is 5.02 Å². The molecule has 0 heterocycles. The fourth-order valence-electron chi connectivity index (χ4n) is 2.91. The number of benzene rings is 1. The number of rotatable bonds is 7. The highest BCUT2D eigenvalue weighted by atomic mass is 35.5. The molecule has 0 fully saturated rings. The van der Waals surface area contributed by atoms with Gasteiger partial charge in [0, 0.05) is 11.6 Å². The zero-order chi connectivity index (χ0) is 18.4. The van der Waals surface area contributed by atoms with Gasteiger partial charge in [0.1, 0.15) is 6.54 Å². The first kappa shape index (κ1) is 19.8. The molecular formula is C18H25ClN2O3S. The quantitative estimate of drug-likeness (QED) is 0.732. The van der Waals surface area contributed by atoms with Crippen molar-refractivity contribution in [2.45, 2.75) is 39.0 Å². The minimum Gasteiger partial charge on any atom is -0.354 e. The molecule has 0 saturated heterocycles. The Balaban J connectivity index is 2.01. The first-order chi connectivity index (χ1) is 11.8. The number of hydrogen-bond donors (Lipinski definition) is 1. The smallest absolute Gasteiger partial charge is 0.240 e. The topological polar surface area (TPSA) is 66.5 Å². The number of sulfonamides is 1. The normalized spacial score (nSPS) is 14.8. The van der Waals surface area contributed by atoms with Gasteiger partial charge in [-0.05, 0) is 56.7 Å². The Kier molecular flexibility index (Phi) is 6.90. The molecule has 138 valence electrons. The van der Waals surface area contributed by atoms with E-state index in [1.807, 2.05) is 0 Å². The summed E-state index contributed by atoms with van der Waals surface area (Å²) in [5.74, 6) is -0.318. The molecule has 25 heavy (non-hydrogen) atoms. The van der Waals surface area contributed by atoms with Crippen LogP contribution in [0.4, 0.5) is 5.69 Å². The van der Waals surface area contributed by atoms with Crippen LogP contribution in [-0.2, 0) is 14.8 Å². The number of aryl methyl sites for hydroxylation is 1. The zero-order valence-corrected chi connectivity index (χ0v) is 16.3. The van der Waals surface area contributed by atoms with Crippen LogP contribution in [0.25, 0.3) is 0 Å². The van der Waals surface area contributed by atoms with Crippen LogP contribution in [0.15, 0.2) is 29.8 Å². The van der Waals surface area contributed by atoms with Crippen LogP contribution in [0, 0.1) is 6.92 Å². The second kappa shape index (κ2) is 8.72. The van der Waals surface area contributed by atoms with E-state index in [9.17, 15) is 13.2 Å². The number of amides is 1. The molecule has 0 radical (unpaired) electrons. The van der Waals surface area contributed by atoms with E-state index in [1.54, 1.807) is 25.1 Å². The number of halogens is 1. The molecule has 0 bridgehead atoms. The molecule has 1 N–H and O–H groups in total. The van der Waals surface area contributed by atoms with E-state index in [1.165, 1.54) is 18.4 Å². The molecule has 0 spiro atoms. The number of allylic oxidation sites excluding steroid dienone is 1. The number of nitrogens with one attached hydrogen (secondary N) is 1. The maximum Gasteiger partial charge on any atom is 0.240 e. The lowest BCUT2D eigenvalue weighted by Crippen LogP contribution is -2.41. The highest BCUT2D eigenvalue weighted by Crippen LogP contribution is 2.26. The molecular weight excluding hydrogens is 360 g/mol. The number of hydrogen-bond acceptors (Lipinski definition) is 3. The van der Waals surface area contributed by atoms with Crippen molar-refractivity contribution >= 4 is 33.2 Å². The Morgan fingerprint density at radius 2 is 2.08 bits per heavy atom. The van der Waals surface area contributed by atoms with Crippen molar-refractivity contribution in [2.24, 2.45) is 0 Å². The van der Waals surface area contributed by atoms with Crippen molar-refractivity contribution in [1.82, 2.24) is 5.32 Å². The third-order valence-corrected chi connectivity index (χ3v) is 5.64. The van der Waals surface area contributed by atoms with Crippen LogP contribution in [0.3, 0.4) is 0 Å². The van der Waals surface area contributed by atoms with Crippen molar-refractivity contribution < 1.29 is 13.2 Å². The van der Waals surface area contributed by atoms with Gasteiger partial charge < -0.3 is 5.32 Å². The minimum absolute atomic E-state index is 0.251. The van der Waals surface area contributed by atoms with Gasteiger partial charge in [0.2, 0.25) is 15.9 Å². The molecule has 5 nitrogen and oxygen atoms in total. The van der Waals surface area contributed by atoms with Crippen LogP contribution < -0.4 is 9.62 Å². The molecule has 7 heteroatoms. The van der Waals surface area contributed by atoms with Gasteiger partial charge in [0.05, 0.1) is 11.9 Å². The fourth-order valence-corrected chi connectivity index (χ4v) is 3.98. The van der Waals surface area contributed by atoms with E-state index in [2.05, 4.69) is 11.4 Å². The van der Waals surface area contributed by atoms with Crippen molar-refractivity contribution in [3.63, 3.8) is 0 Å². The average Bonchev–Trinajstić information content (AvgIpc) is 2.55. The van der Waals surface area contributed by atoms with Gasteiger partial charge in [-0.25, -0.2) is 8.42 Å². The molecule has 2 rings (SSSR count). The van der Waals surface area contributed by atoms with Crippen molar-refractivity contribution in [3.05, 3.63) is 40.4 Å². The summed E-state index contributed by atoms with van der Waals surface area (Å²) < 4.78 is 25.4. The Bertz CT molecular complexity index is 760. The van der Waals surface area contributed by atoms with E-state index >= 15 is 0 Å². The predicted octanol–water partition coefficient (Wildman–Crippen LogP) is 3.42. The first-order valence-electron chi connectivity index (χ1n) is 8.46. The third kappa shape index (κ3) is 6.04. The van der Waals surface area contributed by atoms with E-state index in [0.29, 0.717) is 17.3 Å². The van der Waals surface area contributed by atoms with E-state index in [0.717, 1.165) is 35.4 Å². The molecule has 1 aliphatic carbocycles. The van der Waals surface area contributed by atoms with Gasteiger partial charge in [0.15, 0.2) is 0 Å². The van der Waals surface area contributed by atoms with Gasteiger partial charge >= 0.3 is 0 Å². The molecule has 0 aliphatic heterocycles. The SMILES string of the molecule is Cc1ccc(Cl)cc1N(CC(=O)NCCC1=CCCCC1)S(C)(=O)=O. The molecule has 0 saturated carbocycles. The van der Waals surface area contributed by atoms with E-state index in [4.69, 9.17) is 11.6 Å². The van der Waals surface area contributed by atoms with Crippen LogP contribution >= 0.6 is 11.6 Å². The molecule has 1 aromatic carbocycles. The standard InChI is InChI=1S/C18H25ClN2O3S/c1-14-8-9-16(19)12-17(14)21(25(2,23)24)13-18(22)20-11-10-15-6-4-3-5-7-15/h6,8-9,12H,3-5,7,10-11,13H2,1-2H3,(H,20,22). The first-order valence-corrected chi connectivity index (χ1v) is 10.7. The summed E-state index contributed by atoms with van der Waals surface area (Å²) in [6.07, 6.45) is 8.79. The van der Waals surface area contributed by atoms with Crippen LogP contribution in [-0.4, -0.2) is 33.7 Å². The Hall–Kier alpha value is -1.53. The van der Waals surface area contributed by atoms with E-state index < -0.39 is 10.0 Å². The maximum atomic E-state index is 12.2. The summed E-state index contributed by atoms with van der Waals surface area (Å²) in [5.41, 5.74) is 2.55. The highest BCUT2D eigenvalue weighted by molar-refractivity contribution is 7.92. The fraction of sp³-hybridized carbons (Fsp3) is 0.500. The predicted molar refractivity (Wildman–Crippen MR) is 103 cm³/mol. The number of carbonyl (C=O) groups excluding carboxylic acids is 1. The summed E-state index contributed by atoms with van der Waals surface area (Å²) in [6.45, 7) is 2.06. The molecule has 1 aromatic rings. The molecule has 0 atom stereocenters. The van der Waals surface area contributed by atoms with Crippen molar-refractivity contribution in [2.75, 3.05) is 23.7 Å². The Morgan fingerprint density at radius 1 is 1.32 bits per heavy atom. The van der Waals surface area contributed by atoms with Crippen molar-refractivity contribution in [3.8, 4) is 0 Å². The van der Waals surface area contributed by atoms with Crippen molar-refractivity contribution in [1.29, 1.82) is 0 Å². The lowest BCUT2D eigenvalue weighted by Gasteiger charge is -2.24. The number of nitrogens with zero attached hydrogens (tertiary/aromatic N) is 1. The molecule has 1 amide bonds. The van der Waals surface area contributed by atoms with Crippen LogP contribution in [0.5, 0.6) is 0 Å². The Morgan fingerprint density at radius 3 is 2.72 bits per heavy atom. The minimum atomic E-state index is -3.60. The van der Waals surface area contributed by atoms with Gasteiger partial charge in [-0.15, -0.1) is 0 Å². The second-order valence-electron chi connectivity index (χ2n) is 6.41. The van der Waals surface area contributed by atoms with Crippen LogP contribution in [0.1, 0.15) is 37.7 Å². The summed E-state index contributed by atoms with van der Waals surface area (Å²) in [6, 6.07) is 5.00. The average molecular weight is 385 g/mol. The van der Waals surface area contributed by atoms with E-state index in [-0.39, 0.29) is 12.5 Å². The lowest BCUT2D eigenvalue weighted by atomic mass is 9.97. The second-order valence-corrected chi connectivity index (χ2v) is 8.75. The summed E-state index contributed by atoms with van der Waals surface area (Å²) >= 11 is 5.99. The number of anilines is 1. The van der Waals surface area contributed by atoms with Gasteiger partial charge in [-0.2, -0.15) is 0 Å². The Labute approximate surface area is 155 Å². The molecule has 0 aromatic heterocycles. The third-order valence-electron chi connectivity index (χ3n) is 4.28. The van der Waals surface area contributed by atoms with Gasteiger partial charge in [-0.1, -0.05) is 29.3 Å². The molecule has 1 aliphatic rings. The zero-order valence-electron chi connectivity index (χ0n) is 14.7. The van der Waals surface area contributed by atoms with Gasteiger partial charge in [-0.3, -0.25) is 9.10 Å². The largest absolute Gasteiger partial charge is 0.354 e. The van der Waals surface area contributed by atoms with Gasteiger partial charge in [0.25, 0.3) is 0 Å². The molecule has 0 unspecified atom stereocenters. The number of carbonyl (C=O) groups is 1. The summed E-state index contributed by atoms with van der Waals surface area (Å²) in [5, 5.41) is 3.25.